The minimum atomic E-state index is -4.61. The molecule has 314 valence electrons. The van der Waals surface area contributed by atoms with Crippen molar-refractivity contribution >= 4 is 17.9 Å². The molecule has 2 aromatic carbocycles. The number of amides is 3. The number of ether oxygens (including phenoxy) is 2. The number of nitrogens with one attached hydrogen (secondary N) is 4. The highest BCUT2D eigenvalue weighted by atomic mass is 19.4. The van der Waals surface area contributed by atoms with E-state index in [4.69, 9.17) is 14.5 Å². The van der Waals surface area contributed by atoms with Crippen LogP contribution in [0.25, 0.3) is 33.6 Å². The monoisotopic (exact) mass is 824 g/mol. The van der Waals surface area contributed by atoms with E-state index in [1.165, 1.54) is 26.4 Å². The number of likely N-dealkylation sites (tertiary alicyclic amines) is 1. The van der Waals surface area contributed by atoms with Crippen LogP contribution in [0.2, 0.25) is 0 Å². The number of aromatic amines is 2. The maximum Gasteiger partial charge on any atom is 0.433 e. The van der Waals surface area contributed by atoms with E-state index in [9.17, 15) is 27.6 Å². The summed E-state index contributed by atoms with van der Waals surface area (Å²) in [6, 6.07) is 17.8. The lowest BCUT2D eigenvalue weighted by Crippen LogP contribution is -2.54. The van der Waals surface area contributed by atoms with E-state index in [1.54, 1.807) is 24.2 Å². The third kappa shape index (κ3) is 8.12. The van der Waals surface area contributed by atoms with E-state index in [2.05, 4.69) is 30.6 Å². The molecule has 3 aromatic heterocycles. The van der Waals surface area contributed by atoms with Crippen molar-refractivity contribution in [1.82, 2.24) is 40.5 Å². The molecular weight excluding hydrogens is 778 g/mol. The van der Waals surface area contributed by atoms with Crippen LogP contribution in [-0.4, -0.2) is 80.6 Å². The zero-order valence-corrected chi connectivity index (χ0v) is 33.5. The summed E-state index contributed by atoms with van der Waals surface area (Å²) >= 11 is 0. The minimum Gasteiger partial charge on any atom is -0.453 e. The number of H-pyrrole nitrogens is 2. The Kier molecular flexibility index (Phi) is 11.5. The molecule has 3 amide bonds. The molecule has 4 heterocycles. The Morgan fingerprint density at radius 2 is 1.47 bits per heavy atom. The van der Waals surface area contributed by atoms with Gasteiger partial charge in [-0.1, -0.05) is 54.6 Å². The molecule has 16 heteroatoms. The molecule has 5 aromatic rings. The first kappa shape index (κ1) is 40.7. The number of halogens is 3. The number of benzene rings is 2. The number of pyridine rings is 1. The topological polar surface area (TPSA) is 167 Å². The highest BCUT2D eigenvalue weighted by Gasteiger charge is 2.52. The van der Waals surface area contributed by atoms with Crippen LogP contribution in [0.5, 0.6) is 0 Å². The maximum atomic E-state index is 13.6. The highest BCUT2D eigenvalue weighted by Crippen LogP contribution is 2.56. The first-order valence-corrected chi connectivity index (χ1v) is 20.2. The summed E-state index contributed by atoms with van der Waals surface area (Å²) < 4.78 is 50.7. The second kappa shape index (κ2) is 16.9. The number of imidazole rings is 2. The van der Waals surface area contributed by atoms with Crippen molar-refractivity contribution in [3.05, 3.63) is 102 Å². The number of hydrogen-bond acceptors (Lipinski definition) is 8. The van der Waals surface area contributed by atoms with E-state index in [-0.39, 0.29) is 53.6 Å². The molecule has 1 aliphatic heterocycles. The number of rotatable bonds is 12. The molecule has 3 aliphatic rings. The Labute approximate surface area is 344 Å². The van der Waals surface area contributed by atoms with Crippen LogP contribution < -0.4 is 10.6 Å². The molecule has 60 heavy (non-hydrogen) atoms. The van der Waals surface area contributed by atoms with Crippen LogP contribution in [0.4, 0.5) is 18.0 Å². The second-order valence-corrected chi connectivity index (χ2v) is 15.9. The summed E-state index contributed by atoms with van der Waals surface area (Å²) in [4.78, 5) is 60.7. The Balaban J connectivity index is 0.917. The standard InChI is InChI=1S/C44H47F3N8O5/c1-24(59-2)37(54-43(58)60-3)42(57)55-19-5-7-34(55)39-49-22-32(52-39)27-12-8-25(9-13-27)26-10-14-28(15-11-26)33-23-50-40(53-33)35-29-16-17-30(20-29)36(35)41(56)51-21-31-6-4-18-48-38(31)44(45,46)47/h4,6,8-15,18,22-24,29-30,34-37H,5,7,16-17,19-21H2,1-3H3,(H,49,52)(H,50,53)(H,51,56)(H,54,58)/t24-,29?,30?,34+,35?,36+,37+/m1/s1. The Morgan fingerprint density at radius 3 is 2.10 bits per heavy atom. The van der Waals surface area contributed by atoms with Crippen LogP contribution in [-0.2, 0) is 31.8 Å². The number of alkyl carbamates (subject to hydrolysis) is 1. The summed E-state index contributed by atoms with van der Waals surface area (Å²) in [5.74, 6) is 0.773. The molecule has 2 aliphatic carbocycles. The van der Waals surface area contributed by atoms with Crippen molar-refractivity contribution in [2.45, 2.75) is 75.9 Å². The van der Waals surface area contributed by atoms with Gasteiger partial charge in [-0.15, -0.1) is 0 Å². The first-order chi connectivity index (χ1) is 28.9. The number of nitrogens with zero attached hydrogens (tertiary/aromatic N) is 4. The van der Waals surface area contributed by atoms with Gasteiger partial charge in [0.2, 0.25) is 11.8 Å². The predicted octanol–water partition coefficient (Wildman–Crippen LogP) is 7.42. The van der Waals surface area contributed by atoms with Crippen LogP contribution in [0.3, 0.4) is 0 Å². The van der Waals surface area contributed by atoms with E-state index >= 15 is 0 Å². The molecule has 2 bridgehead atoms. The van der Waals surface area contributed by atoms with Gasteiger partial charge in [0, 0.05) is 37.9 Å². The lowest BCUT2D eigenvalue weighted by molar-refractivity contribution is -0.142. The van der Waals surface area contributed by atoms with Gasteiger partial charge < -0.3 is 35.0 Å². The van der Waals surface area contributed by atoms with Crippen molar-refractivity contribution in [2.24, 2.45) is 17.8 Å². The van der Waals surface area contributed by atoms with Gasteiger partial charge in [0.25, 0.3) is 0 Å². The predicted molar refractivity (Wildman–Crippen MR) is 215 cm³/mol. The van der Waals surface area contributed by atoms with E-state index in [0.29, 0.717) is 12.4 Å². The maximum absolute atomic E-state index is 13.6. The second-order valence-electron chi connectivity index (χ2n) is 15.9. The lowest BCUT2D eigenvalue weighted by Gasteiger charge is -2.30. The number of fused-ring (bicyclic) bond motifs is 2. The van der Waals surface area contributed by atoms with Crippen molar-refractivity contribution in [2.75, 3.05) is 20.8 Å². The normalized spacial score (nSPS) is 22.1. The smallest absolute Gasteiger partial charge is 0.433 e. The first-order valence-electron chi connectivity index (χ1n) is 20.2. The van der Waals surface area contributed by atoms with Crippen LogP contribution in [0, 0.1) is 17.8 Å². The van der Waals surface area contributed by atoms with Gasteiger partial charge in [-0.3, -0.25) is 14.6 Å². The Bertz CT molecular complexity index is 2330. The fourth-order valence-corrected chi connectivity index (χ4v) is 9.38. The van der Waals surface area contributed by atoms with Gasteiger partial charge in [0.1, 0.15) is 23.4 Å². The van der Waals surface area contributed by atoms with Crippen LogP contribution in [0.15, 0.2) is 79.3 Å². The van der Waals surface area contributed by atoms with E-state index in [0.717, 1.165) is 77.8 Å². The fourth-order valence-electron chi connectivity index (χ4n) is 9.38. The lowest BCUT2D eigenvalue weighted by atomic mass is 9.78. The van der Waals surface area contributed by atoms with Gasteiger partial charge in [-0.05, 0) is 79.2 Å². The highest BCUT2D eigenvalue weighted by molar-refractivity contribution is 5.87. The SMILES string of the molecule is COC(=O)N[C@H](C(=O)N1CCC[C@H]1c1ncc(-c2ccc(-c3ccc(-c4cnc(C5C6CCC(C6)[C@@H]5C(=O)NCc5cccnc5C(F)(F)F)[nH]4)cc3)cc2)[nH]1)[C@@H](C)OC. The molecule has 7 atom stereocenters. The Morgan fingerprint density at radius 1 is 0.850 bits per heavy atom. The quantitative estimate of drug-likeness (QED) is 0.101. The molecule has 1 saturated heterocycles. The molecular formula is C44H47F3N8O5. The van der Waals surface area contributed by atoms with Crippen LogP contribution in [0.1, 0.15) is 73.9 Å². The van der Waals surface area contributed by atoms with Crippen molar-refractivity contribution < 1.29 is 37.0 Å². The number of carbonyl (C=O) groups excluding carboxylic acids is 3. The van der Waals surface area contributed by atoms with Gasteiger partial charge in [0.15, 0.2) is 0 Å². The number of carbonyl (C=O) groups is 3. The summed E-state index contributed by atoms with van der Waals surface area (Å²) in [7, 11) is 2.74. The van der Waals surface area contributed by atoms with E-state index in [1.807, 2.05) is 48.5 Å². The number of aromatic nitrogens is 5. The average Bonchev–Trinajstić information content (AvgIpc) is 4.13. The molecule has 3 fully saturated rings. The number of methoxy groups -OCH3 is 2. The van der Waals surface area contributed by atoms with Crippen LogP contribution >= 0.6 is 0 Å². The summed E-state index contributed by atoms with van der Waals surface area (Å²) in [6.07, 6.45) is 3.07. The van der Waals surface area contributed by atoms with Crippen molar-refractivity contribution in [3.63, 3.8) is 0 Å². The largest absolute Gasteiger partial charge is 0.453 e. The number of alkyl halides is 3. The molecule has 4 N–H and O–H groups in total. The minimum absolute atomic E-state index is 0.0627. The third-order valence-electron chi connectivity index (χ3n) is 12.5. The van der Waals surface area contributed by atoms with Crippen molar-refractivity contribution in [3.8, 4) is 33.6 Å². The molecule has 2 saturated carbocycles. The average molecular weight is 825 g/mol. The molecule has 8 rings (SSSR count). The zero-order chi connectivity index (χ0) is 42.1. The molecule has 0 radical (unpaired) electrons. The fraction of sp³-hybridized carbons (Fsp3) is 0.409. The van der Waals surface area contributed by atoms with Gasteiger partial charge in [-0.2, -0.15) is 13.2 Å². The Hall–Kier alpha value is -6.03. The van der Waals surface area contributed by atoms with Crippen molar-refractivity contribution in [1.29, 1.82) is 0 Å². The summed E-state index contributed by atoms with van der Waals surface area (Å²) in [5, 5.41) is 5.40. The summed E-state index contributed by atoms with van der Waals surface area (Å²) in [5.41, 5.74) is 4.49. The molecule has 0 spiro atoms. The zero-order valence-electron chi connectivity index (χ0n) is 33.5. The number of hydrogen-bond donors (Lipinski definition) is 4. The van der Waals surface area contributed by atoms with Gasteiger partial charge in [0.05, 0.1) is 49.0 Å². The third-order valence-corrected chi connectivity index (χ3v) is 12.5. The van der Waals surface area contributed by atoms with Gasteiger partial charge >= 0.3 is 12.3 Å². The van der Waals surface area contributed by atoms with E-state index < -0.39 is 30.1 Å². The molecule has 3 unspecified atom stereocenters. The molecule has 13 nitrogen and oxygen atoms in total. The summed E-state index contributed by atoms with van der Waals surface area (Å²) in [6.45, 7) is 2.00. The van der Waals surface area contributed by atoms with Gasteiger partial charge in [-0.25, -0.2) is 14.8 Å².